The molecule has 0 amide bonds. The van der Waals surface area contributed by atoms with Crippen molar-refractivity contribution in [2.75, 3.05) is 6.61 Å². The topological polar surface area (TPSA) is 47.3 Å². The van der Waals surface area contributed by atoms with Crippen LogP contribution in [0.5, 0.6) is 11.5 Å². The highest BCUT2D eigenvalue weighted by Crippen LogP contribution is 2.46. The molecule has 2 aromatic carbocycles. The van der Waals surface area contributed by atoms with E-state index in [1.165, 1.54) is 0 Å². The number of para-hydroxylation sites is 2. The Hall–Kier alpha value is -2.59. The van der Waals surface area contributed by atoms with Crippen molar-refractivity contribution in [3.05, 3.63) is 54.7 Å². The monoisotopic (exact) mass is 278 g/mol. The van der Waals surface area contributed by atoms with Crippen LogP contribution in [0.1, 0.15) is 0 Å². The Morgan fingerprint density at radius 1 is 0.905 bits per heavy atom. The summed E-state index contributed by atoms with van der Waals surface area (Å²) in [6, 6.07) is 15.9. The predicted octanol–water partition coefficient (Wildman–Crippen LogP) is 3.32. The van der Waals surface area contributed by atoms with Gasteiger partial charge < -0.3 is 9.84 Å². The first kappa shape index (κ1) is 12.2. The number of ether oxygens (including phenoxy) is 1. The molecule has 0 bridgehead atoms. The fourth-order valence-electron chi connectivity index (χ4n) is 2.78. The smallest absolute Gasteiger partial charge is 0.136 e. The number of benzene rings is 2. The van der Waals surface area contributed by atoms with E-state index in [9.17, 15) is 5.11 Å². The zero-order valence-electron chi connectivity index (χ0n) is 11.4. The van der Waals surface area contributed by atoms with E-state index < -0.39 is 0 Å². The molecule has 4 nitrogen and oxygen atoms in total. The zero-order valence-corrected chi connectivity index (χ0v) is 11.4. The lowest BCUT2D eigenvalue weighted by Crippen LogP contribution is -2.05. The van der Waals surface area contributed by atoms with Gasteiger partial charge in [0, 0.05) is 16.7 Å². The van der Waals surface area contributed by atoms with Crippen LogP contribution >= 0.6 is 0 Å². The Morgan fingerprint density at radius 3 is 2.33 bits per heavy atom. The lowest BCUT2D eigenvalue weighted by molar-refractivity contribution is 0.270. The average molecular weight is 278 g/mol. The summed E-state index contributed by atoms with van der Waals surface area (Å²) < 4.78 is 7.91. The number of hydrogen-bond donors (Lipinski definition) is 1. The molecule has 1 aliphatic heterocycles. The second kappa shape index (κ2) is 4.75. The summed E-state index contributed by atoms with van der Waals surface area (Å²) in [6.07, 6.45) is 1.84. The zero-order chi connectivity index (χ0) is 14.2. The van der Waals surface area contributed by atoms with Gasteiger partial charge >= 0.3 is 0 Å². The third kappa shape index (κ3) is 1.84. The molecule has 3 aromatic rings. The fraction of sp³-hybridized carbons (Fsp3) is 0.118. The highest BCUT2D eigenvalue weighted by molar-refractivity contribution is 5.88. The van der Waals surface area contributed by atoms with E-state index in [0.717, 1.165) is 33.9 Å². The number of hydrogen-bond acceptors (Lipinski definition) is 3. The van der Waals surface area contributed by atoms with Crippen molar-refractivity contribution >= 4 is 0 Å². The van der Waals surface area contributed by atoms with Crippen molar-refractivity contribution in [1.29, 1.82) is 0 Å². The molecule has 2 heterocycles. The summed E-state index contributed by atoms with van der Waals surface area (Å²) in [6.45, 7) is 0.518. The largest absolute Gasteiger partial charge is 0.456 e. The molecule has 1 aliphatic rings. The van der Waals surface area contributed by atoms with Crippen molar-refractivity contribution in [3.63, 3.8) is 0 Å². The third-order valence-electron chi connectivity index (χ3n) is 3.69. The van der Waals surface area contributed by atoms with Gasteiger partial charge in [0.05, 0.1) is 25.0 Å². The Balaban J connectivity index is 2.06. The third-order valence-corrected chi connectivity index (χ3v) is 3.69. The lowest BCUT2D eigenvalue weighted by Gasteiger charge is -2.10. The minimum Gasteiger partial charge on any atom is -0.456 e. The molecule has 1 aromatic heterocycles. The maximum Gasteiger partial charge on any atom is 0.136 e. The first-order valence-electron chi connectivity index (χ1n) is 6.92. The molecule has 0 aliphatic carbocycles. The van der Waals surface area contributed by atoms with Gasteiger partial charge in [-0.1, -0.05) is 30.3 Å². The van der Waals surface area contributed by atoms with Gasteiger partial charge in [-0.15, -0.1) is 0 Å². The molecule has 104 valence electrons. The average Bonchev–Trinajstić information content (AvgIpc) is 2.86. The van der Waals surface area contributed by atoms with E-state index in [-0.39, 0.29) is 6.61 Å². The van der Waals surface area contributed by atoms with Crippen LogP contribution < -0.4 is 4.74 Å². The number of aliphatic hydroxyl groups is 1. The van der Waals surface area contributed by atoms with Crippen LogP contribution in [0.25, 0.3) is 22.4 Å². The summed E-state index contributed by atoms with van der Waals surface area (Å²) in [5.74, 6) is 1.63. The van der Waals surface area contributed by atoms with Gasteiger partial charge in [0.25, 0.3) is 0 Å². The van der Waals surface area contributed by atoms with Crippen molar-refractivity contribution < 1.29 is 9.84 Å². The summed E-state index contributed by atoms with van der Waals surface area (Å²) in [5.41, 5.74) is 4.04. The molecule has 0 spiro atoms. The fourth-order valence-corrected chi connectivity index (χ4v) is 2.78. The van der Waals surface area contributed by atoms with Gasteiger partial charge in [0.2, 0.25) is 0 Å². The number of aliphatic hydroxyl groups excluding tert-OH is 1. The second-order valence-corrected chi connectivity index (χ2v) is 4.95. The van der Waals surface area contributed by atoms with E-state index >= 15 is 0 Å². The molecule has 0 saturated heterocycles. The molecule has 0 atom stereocenters. The molecular weight excluding hydrogens is 264 g/mol. The first-order valence-corrected chi connectivity index (χ1v) is 6.92. The van der Waals surface area contributed by atoms with Crippen LogP contribution in [0, 0.1) is 0 Å². The normalized spacial score (nSPS) is 11.9. The highest BCUT2D eigenvalue weighted by Gasteiger charge is 2.23. The van der Waals surface area contributed by atoms with Gasteiger partial charge in [0.1, 0.15) is 11.5 Å². The molecule has 1 N–H and O–H groups in total. The Labute approximate surface area is 122 Å². The maximum atomic E-state index is 9.26. The van der Waals surface area contributed by atoms with E-state index in [1.807, 2.05) is 59.4 Å². The van der Waals surface area contributed by atoms with Crippen molar-refractivity contribution in [1.82, 2.24) is 9.78 Å². The minimum absolute atomic E-state index is 0.0544. The van der Waals surface area contributed by atoms with Gasteiger partial charge in [-0.2, -0.15) is 5.10 Å². The molecule has 0 unspecified atom stereocenters. The van der Waals surface area contributed by atoms with Crippen LogP contribution in [0.15, 0.2) is 54.7 Å². The Morgan fingerprint density at radius 2 is 1.57 bits per heavy atom. The Bertz CT molecular complexity index is 808. The summed E-state index contributed by atoms with van der Waals surface area (Å²) in [7, 11) is 0. The standard InChI is InChI=1S/C17H14N2O2/c20-10-9-19-17-13-6-2-4-8-16(13)21-15-7-3-1-5-12(15)14(17)11-18-19/h1-8,11,20H,9-10H2. The predicted molar refractivity (Wildman–Crippen MR) is 80.3 cm³/mol. The van der Waals surface area contributed by atoms with Crippen molar-refractivity contribution in [2.24, 2.45) is 0 Å². The number of nitrogens with zero attached hydrogens (tertiary/aromatic N) is 2. The van der Waals surface area contributed by atoms with Crippen molar-refractivity contribution in [2.45, 2.75) is 6.54 Å². The molecule has 21 heavy (non-hydrogen) atoms. The van der Waals surface area contributed by atoms with Crippen LogP contribution in [0.2, 0.25) is 0 Å². The van der Waals surface area contributed by atoms with Gasteiger partial charge in [-0.25, -0.2) is 0 Å². The van der Waals surface area contributed by atoms with E-state index in [0.29, 0.717) is 6.54 Å². The summed E-state index contributed by atoms with van der Waals surface area (Å²) in [4.78, 5) is 0. The molecule has 4 rings (SSSR count). The lowest BCUT2D eigenvalue weighted by atomic mass is 10.0. The van der Waals surface area contributed by atoms with E-state index in [1.54, 1.807) is 0 Å². The molecule has 4 heteroatoms. The van der Waals surface area contributed by atoms with Crippen LogP contribution in [-0.4, -0.2) is 21.5 Å². The Kier molecular flexibility index (Phi) is 2.75. The molecule has 0 radical (unpaired) electrons. The summed E-state index contributed by atoms with van der Waals surface area (Å²) in [5, 5.41) is 13.7. The number of aromatic nitrogens is 2. The quantitative estimate of drug-likeness (QED) is 0.612. The van der Waals surface area contributed by atoms with Crippen molar-refractivity contribution in [3.8, 4) is 33.9 Å². The second-order valence-electron chi connectivity index (χ2n) is 4.95. The van der Waals surface area contributed by atoms with E-state index in [4.69, 9.17) is 4.74 Å². The molecule has 0 saturated carbocycles. The van der Waals surface area contributed by atoms with Crippen LogP contribution in [0.3, 0.4) is 0 Å². The first-order chi connectivity index (χ1) is 10.4. The van der Waals surface area contributed by atoms with E-state index in [2.05, 4.69) is 5.10 Å². The number of rotatable bonds is 2. The SMILES string of the molecule is OCCn1ncc2c1-c1ccccc1Oc1ccccc1-2. The van der Waals surface area contributed by atoms with Gasteiger partial charge in [-0.3, -0.25) is 4.68 Å². The summed E-state index contributed by atoms with van der Waals surface area (Å²) >= 11 is 0. The van der Waals surface area contributed by atoms with Gasteiger partial charge in [-0.05, 0) is 18.2 Å². The van der Waals surface area contributed by atoms with Crippen LogP contribution in [0.4, 0.5) is 0 Å². The van der Waals surface area contributed by atoms with Gasteiger partial charge in [0.15, 0.2) is 0 Å². The molecule has 0 fully saturated rings. The number of fused-ring (bicyclic) bond motifs is 5. The van der Waals surface area contributed by atoms with Crippen LogP contribution in [-0.2, 0) is 6.54 Å². The molecular formula is C17H14N2O2. The maximum absolute atomic E-state index is 9.26. The highest BCUT2D eigenvalue weighted by atomic mass is 16.5. The minimum atomic E-state index is 0.0544.